The van der Waals surface area contributed by atoms with Gasteiger partial charge in [0.2, 0.25) is 5.91 Å². The molecule has 2 heterocycles. The van der Waals surface area contributed by atoms with Crippen molar-refractivity contribution < 1.29 is 13.9 Å². The molecule has 24 heavy (non-hydrogen) atoms. The van der Waals surface area contributed by atoms with Crippen molar-refractivity contribution in [3.8, 4) is 17.1 Å². The molecule has 0 bridgehead atoms. The SMILES string of the molecule is COc1ccc(-c2cnc(CCC(=O)N3CCC(C)CC3)o2)cc1. The lowest BCUT2D eigenvalue weighted by Crippen LogP contribution is -2.38. The van der Waals surface area contributed by atoms with Gasteiger partial charge in [-0.3, -0.25) is 4.79 Å². The minimum atomic E-state index is 0.200. The van der Waals surface area contributed by atoms with Crippen molar-refractivity contribution in [2.24, 2.45) is 5.92 Å². The summed E-state index contributed by atoms with van der Waals surface area (Å²) in [5.74, 6) is 3.06. The van der Waals surface area contributed by atoms with Crippen LogP contribution in [0.15, 0.2) is 34.9 Å². The van der Waals surface area contributed by atoms with E-state index in [1.807, 2.05) is 29.2 Å². The number of aryl methyl sites for hydroxylation is 1. The normalized spacial score (nSPS) is 15.5. The van der Waals surface area contributed by atoms with Crippen LogP contribution in [0.3, 0.4) is 0 Å². The van der Waals surface area contributed by atoms with E-state index in [2.05, 4.69) is 11.9 Å². The molecule has 5 nitrogen and oxygen atoms in total. The van der Waals surface area contributed by atoms with Gasteiger partial charge in [-0.25, -0.2) is 4.98 Å². The Balaban J connectivity index is 1.55. The van der Waals surface area contributed by atoms with E-state index in [0.717, 1.165) is 43.2 Å². The predicted molar refractivity (Wildman–Crippen MR) is 91.8 cm³/mol. The fourth-order valence-corrected chi connectivity index (χ4v) is 2.94. The van der Waals surface area contributed by atoms with Crippen molar-refractivity contribution in [2.75, 3.05) is 20.2 Å². The molecule has 1 aliphatic heterocycles. The molecule has 3 rings (SSSR count). The van der Waals surface area contributed by atoms with Crippen LogP contribution >= 0.6 is 0 Å². The van der Waals surface area contributed by atoms with E-state index in [9.17, 15) is 4.79 Å². The number of hydrogen-bond donors (Lipinski definition) is 0. The highest BCUT2D eigenvalue weighted by Crippen LogP contribution is 2.24. The van der Waals surface area contributed by atoms with Crippen molar-refractivity contribution in [3.63, 3.8) is 0 Å². The second-order valence-electron chi connectivity index (χ2n) is 6.41. The molecular weight excluding hydrogens is 304 g/mol. The Labute approximate surface area is 142 Å². The van der Waals surface area contributed by atoms with E-state index < -0.39 is 0 Å². The van der Waals surface area contributed by atoms with E-state index in [1.165, 1.54) is 0 Å². The van der Waals surface area contributed by atoms with Crippen LogP contribution in [0.2, 0.25) is 0 Å². The van der Waals surface area contributed by atoms with E-state index in [4.69, 9.17) is 9.15 Å². The minimum absolute atomic E-state index is 0.200. The van der Waals surface area contributed by atoms with Gasteiger partial charge in [-0.15, -0.1) is 0 Å². The standard InChI is InChI=1S/C19H24N2O3/c1-14-9-11-21(12-10-14)19(22)8-7-18-20-13-17(24-18)15-3-5-16(23-2)6-4-15/h3-6,13-14H,7-12H2,1-2H3. The second-order valence-corrected chi connectivity index (χ2v) is 6.41. The predicted octanol–water partition coefficient (Wildman–Crippen LogP) is 3.54. The number of aromatic nitrogens is 1. The number of hydrogen-bond acceptors (Lipinski definition) is 4. The number of ether oxygens (including phenoxy) is 1. The van der Waals surface area contributed by atoms with E-state index in [0.29, 0.717) is 24.5 Å². The molecule has 1 aromatic heterocycles. The summed E-state index contributed by atoms with van der Waals surface area (Å²) in [4.78, 5) is 18.5. The molecule has 5 heteroatoms. The fraction of sp³-hybridized carbons (Fsp3) is 0.474. The number of nitrogens with zero attached hydrogens (tertiary/aromatic N) is 2. The summed E-state index contributed by atoms with van der Waals surface area (Å²) < 4.78 is 10.9. The number of carbonyl (C=O) groups is 1. The molecule has 2 aromatic rings. The summed E-state index contributed by atoms with van der Waals surface area (Å²) in [5.41, 5.74) is 0.950. The number of rotatable bonds is 5. The van der Waals surface area contributed by atoms with Gasteiger partial charge < -0.3 is 14.1 Å². The first-order valence-corrected chi connectivity index (χ1v) is 8.52. The molecule has 1 aromatic carbocycles. The van der Waals surface area contributed by atoms with Crippen molar-refractivity contribution in [1.29, 1.82) is 0 Å². The molecule has 0 aliphatic carbocycles. The van der Waals surface area contributed by atoms with Crippen molar-refractivity contribution in [1.82, 2.24) is 9.88 Å². The first-order valence-electron chi connectivity index (χ1n) is 8.52. The number of piperidine rings is 1. The topological polar surface area (TPSA) is 55.6 Å². The maximum atomic E-state index is 12.3. The zero-order chi connectivity index (χ0) is 16.9. The van der Waals surface area contributed by atoms with Gasteiger partial charge in [-0.2, -0.15) is 0 Å². The lowest BCUT2D eigenvalue weighted by molar-refractivity contribution is -0.132. The quantitative estimate of drug-likeness (QED) is 0.842. The lowest BCUT2D eigenvalue weighted by Gasteiger charge is -2.30. The van der Waals surface area contributed by atoms with Gasteiger partial charge in [0, 0.05) is 31.5 Å². The van der Waals surface area contributed by atoms with Gasteiger partial charge in [-0.1, -0.05) is 6.92 Å². The number of likely N-dealkylation sites (tertiary alicyclic amines) is 1. The highest BCUT2D eigenvalue weighted by atomic mass is 16.5. The summed E-state index contributed by atoms with van der Waals surface area (Å²) in [7, 11) is 1.64. The van der Waals surface area contributed by atoms with E-state index in [1.54, 1.807) is 13.3 Å². The lowest BCUT2D eigenvalue weighted by atomic mass is 9.99. The number of oxazole rings is 1. The van der Waals surface area contributed by atoms with Crippen LogP contribution in [-0.4, -0.2) is 36.0 Å². The van der Waals surface area contributed by atoms with Crippen LogP contribution in [0.5, 0.6) is 5.75 Å². The highest BCUT2D eigenvalue weighted by Gasteiger charge is 2.20. The molecule has 128 valence electrons. The van der Waals surface area contributed by atoms with Crippen molar-refractivity contribution in [3.05, 3.63) is 36.4 Å². The Bertz CT molecular complexity index is 670. The molecule has 1 aliphatic rings. The van der Waals surface area contributed by atoms with Gasteiger partial charge in [-0.05, 0) is 43.0 Å². The third kappa shape index (κ3) is 3.96. The molecule has 0 radical (unpaired) electrons. The second kappa shape index (κ2) is 7.51. The average molecular weight is 328 g/mol. The third-order valence-electron chi connectivity index (χ3n) is 4.62. The Morgan fingerprint density at radius 1 is 1.29 bits per heavy atom. The van der Waals surface area contributed by atoms with Gasteiger partial charge in [0.05, 0.1) is 13.3 Å². The fourth-order valence-electron chi connectivity index (χ4n) is 2.94. The average Bonchev–Trinajstić information content (AvgIpc) is 3.09. The molecule has 1 amide bonds. The number of benzene rings is 1. The molecule has 1 fully saturated rings. The summed E-state index contributed by atoms with van der Waals surface area (Å²) in [6.45, 7) is 4.00. The Morgan fingerprint density at radius 3 is 2.67 bits per heavy atom. The zero-order valence-corrected chi connectivity index (χ0v) is 14.3. The van der Waals surface area contributed by atoms with Crippen LogP contribution in [0, 0.1) is 5.92 Å². The molecule has 0 N–H and O–H groups in total. The molecular formula is C19H24N2O3. The van der Waals surface area contributed by atoms with Gasteiger partial charge >= 0.3 is 0 Å². The monoisotopic (exact) mass is 328 g/mol. The highest BCUT2D eigenvalue weighted by molar-refractivity contribution is 5.76. The van der Waals surface area contributed by atoms with E-state index >= 15 is 0 Å². The molecule has 0 unspecified atom stereocenters. The maximum Gasteiger partial charge on any atom is 0.223 e. The van der Waals surface area contributed by atoms with Crippen LogP contribution in [0.25, 0.3) is 11.3 Å². The van der Waals surface area contributed by atoms with Crippen LogP contribution in [0.4, 0.5) is 0 Å². The van der Waals surface area contributed by atoms with Crippen LogP contribution in [-0.2, 0) is 11.2 Å². The Morgan fingerprint density at radius 2 is 2.00 bits per heavy atom. The van der Waals surface area contributed by atoms with E-state index in [-0.39, 0.29) is 5.91 Å². The van der Waals surface area contributed by atoms with Crippen LogP contribution < -0.4 is 4.74 Å². The molecule has 0 saturated carbocycles. The molecule has 0 spiro atoms. The summed E-state index contributed by atoms with van der Waals surface area (Å²) in [6.07, 6.45) is 4.92. The van der Waals surface area contributed by atoms with Crippen LogP contribution in [0.1, 0.15) is 32.1 Å². The zero-order valence-electron chi connectivity index (χ0n) is 14.3. The Hall–Kier alpha value is -2.30. The largest absolute Gasteiger partial charge is 0.497 e. The Kier molecular flexibility index (Phi) is 5.18. The molecule has 0 atom stereocenters. The van der Waals surface area contributed by atoms with Gasteiger partial charge in [0.25, 0.3) is 0 Å². The molecule has 1 saturated heterocycles. The van der Waals surface area contributed by atoms with Gasteiger partial charge in [0.1, 0.15) is 5.75 Å². The first-order chi connectivity index (χ1) is 11.7. The summed E-state index contributed by atoms with van der Waals surface area (Å²) in [6, 6.07) is 7.64. The minimum Gasteiger partial charge on any atom is -0.497 e. The smallest absolute Gasteiger partial charge is 0.223 e. The first kappa shape index (κ1) is 16.6. The van der Waals surface area contributed by atoms with Gasteiger partial charge in [0.15, 0.2) is 11.7 Å². The maximum absolute atomic E-state index is 12.3. The summed E-state index contributed by atoms with van der Waals surface area (Å²) >= 11 is 0. The van der Waals surface area contributed by atoms with Crippen molar-refractivity contribution >= 4 is 5.91 Å². The summed E-state index contributed by atoms with van der Waals surface area (Å²) in [5, 5.41) is 0. The number of amides is 1. The number of carbonyl (C=O) groups excluding carboxylic acids is 1. The van der Waals surface area contributed by atoms with Crippen molar-refractivity contribution in [2.45, 2.75) is 32.6 Å². The number of methoxy groups -OCH3 is 1. The third-order valence-corrected chi connectivity index (χ3v) is 4.62.